The fraction of sp³-hybridized carbons (Fsp3) is 0. The lowest BCUT2D eigenvalue weighted by Crippen LogP contribution is -1.99. The zero-order chi connectivity index (χ0) is 44.7. The number of rotatable bonds is 7. The van der Waals surface area contributed by atoms with E-state index in [1.807, 2.05) is 78.9 Å². The Morgan fingerprint density at radius 1 is 0.333 bits per heavy atom. The molecule has 66 heavy (non-hydrogen) atoms. The van der Waals surface area contributed by atoms with Gasteiger partial charge in [0.1, 0.15) is 22.5 Å². The van der Waals surface area contributed by atoms with Crippen molar-refractivity contribution in [1.29, 1.82) is 0 Å². The van der Waals surface area contributed by atoms with E-state index in [1.165, 1.54) is 44.5 Å². The second-order valence-electron chi connectivity index (χ2n) is 15.7. The van der Waals surface area contributed by atoms with Crippen LogP contribution in [0, 0.1) is 0 Å². The van der Waals surface area contributed by atoms with Crippen LogP contribution >= 0.6 is 11.6 Å². The summed E-state index contributed by atoms with van der Waals surface area (Å²) in [6, 6.07) is 82.8. The quantitative estimate of drug-likeness (QED) is 0.162. The molecule has 0 aliphatic heterocycles. The molecule has 6 heteroatoms. The normalized spacial score (nSPS) is 10.9. The predicted octanol–water partition coefficient (Wildman–Crippen LogP) is 16.8. The number of furan rings is 2. The smallest absolute Gasteiger partial charge is 0.535 e. The Balaban J connectivity index is 0.000000125. The Morgan fingerprint density at radius 3 is 1.24 bits per heavy atom. The predicted molar refractivity (Wildman–Crippen MR) is 275 cm³/mol. The number of hydrogen-bond donors (Lipinski definition) is 1. The van der Waals surface area contributed by atoms with Gasteiger partial charge in [0.15, 0.2) is 5.58 Å². The van der Waals surface area contributed by atoms with Crippen LogP contribution in [0.2, 0.25) is 5.02 Å². The van der Waals surface area contributed by atoms with E-state index < -0.39 is 0 Å². The SMILES string of the molecule is Clc1ccc(-c2cccc(-c3ccccc3)c2)cc1.O[B]Oc1cccc2c1oc1ccccc12.c1ccc(-c2cccc(-c3ccc(-c4cccc5c4oc4ccccc45)cc3)c2)cc1. The summed E-state index contributed by atoms with van der Waals surface area (Å²) in [6.45, 7) is 0. The highest BCUT2D eigenvalue weighted by atomic mass is 35.5. The molecule has 4 nitrogen and oxygen atoms in total. The van der Waals surface area contributed by atoms with E-state index in [0.717, 1.165) is 54.4 Å². The van der Waals surface area contributed by atoms with Gasteiger partial charge in [0, 0.05) is 32.1 Å². The molecule has 0 fully saturated rings. The third-order valence-electron chi connectivity index (χ3n) is 11.6. The number of halogens is 1. The standard InChI is InChI=1S/C30H20O.C18H13Cl.C12H8BO3/c1-2-8-21(9-3-1)24-10-6-11-25(20-24)22-16-18-23(19-17-22)26-13-7-14-28-27-12-4-5-15-29(27)31-30(26)28;19-18-11-9-15(10-12-18)17-8-4-7-16(13-17)14-5-2-1-3-6-14;14-13-16-11-7-3-5-9-8-4-1-2-6-10(8)15-12(9)11/h1-20H;1-13H;1-7,14H. The Bertz CT molecular complexity index is 3540. The molecule has 0 atom stereocenters. The van der Waals surface area contributed by atoms with Crippen LogP contribution in [0.3, 0.4) is 0 Å². The summed E-state index contributed by atoms with van der Waals surface area (Å²) in [7, 11) is 0.655. The van der Waals surface area contributed by atoms with Gasteiger partial charge >= 0.3 is 7.69 Å². The van der Waals surface area contributed by atoms with E-state index in [4.69, 9.17) is 30.1 Å². The van der Waals surface area contributed by atoms with E-state index in [0.29, 0.717) is 19.0 Å². The molecule has 2 aromatic heterocycles. The lowest BCUT2D eigenvalue weighted by Gasteiger charge is -2.08. The largest absolute Gasteiger partial charge is 0.569 e. The fourth-order valence-corrected chi connectivity index (χ4v) is 8.47. The molecule has 12 aromatic rings. The van der Waals surface area contributed by atoms with Gasteiger partial charge in [-0.25, -0.2) is 0 Å². The van der Waals surface area contributed by atoms with Crippen LogP contribution in [0.4, 0.5) is 0 Å². The van der Waals surface area contributed by atoms with Crippen molar-refractivity contribution >= 4 is 63.2 Å². The van der Waals surface area contributed by atoms with E-state index >= 15 is 0 Å². The Labute approximate surface area is 388 Å². The molecule has 10 aromatic carbocycles. The van der Waals surface area contributed by atoms with E-state index in [2.05, 4.69) is 158 Å². The van der Waals surface area contributed by atoms with E-state index in [9.17, 15) is 0 Å². The highest BCUT2D eigenvalue weighted by Gasteiger charge is 2.13. The van der Waals surface area contributed by atoms with E-state index in [1.54, 1.807) is 6.07 Å². The maximum absolute atomic E-state index is 8.67. The maximum Gasteiger partial charge on any atom is 0.569 e. The second kappa shape index (κ2) is 19.3. The van der Waals surface area contributed by atoms with Gasteiger partial charge in [-0.2, -0.15) is 0 Å². The molecule has 1 N–H and O–H groups in total. The first-order valence-electron chi connectivity index (χ1n) is 21.7. The minimum Gasteiger partial charge on any atom is -0.535 e. The summed E-state index contributed by atoms with van der Waals surface area (Å²) in [4.78, 5) is 0. The Morgan fingerprint density at radius 2 is 0.712 bits per heavy atom. The number of hydrogen-bond acceptors (Lipinski definition) is 4. The molecule has 0 amide bonds. The zero-order valence-electron chi connectivity index (χ0n) is 35.7. The van der Waals surface area contributed by atoms with Crippen LogP contribution in [0.5, 0.6) is 5.75 Å². The molecule has 1 radical (unpaired) electrons. The maximum atomic E-state index is 8.67. The lowest BCUT2D eigenvalue weighted by atomic mass is 9.96. The van der Waals surface area contributed by atoms with Crippen molar-refractivity contribution in [3.63, 3.8) is 0 Å². The molecule has 0 aliphatic carbocycles. The van der Waals surface area contributed by atoms with Crippen LogP contribution in [-0.4, -0.2) is 12.7 Å². The average molecular weight is 872 g/mol. The van der Waals surface area contributed by atoms with Crippen LogP contribution in [0.25, 0.3) is 99.5 Å². The molecule has 12 rings (SSSR count). The van der Waals surface area contributed by atoms with Crippen molar-refractivity contribution in [2.45, 2.75) is 0 Å². The van der Waals surface area contributed by atoms with Crippen LogP contribution < -0.4 is 4.65 Å². The molecular formula is C60H41BClO4. The van der Waals surface area contributed by atoms with E-state index in [-0.39, 0.29) is 0 Å². The molecule has 2 heterocycles. The molecular weight excluding hydrogens is 831 g/mol. The third kappa shape index (κ3) is 9.00. The summed E-state index contributed by atoms with van der Waals surface area (Å²) in [6.07, 6.45) is 0. The summed E-state index contributed by atoms with van der Waals surface area (Å²) in [5, 5.41) is 13.8. The highest BCUT2D eigenvalue weighted by Crippen LogP contribution is 2.37. The molecule has 0 bridgehead atoms. The molecule has 0 unspecified atom stereocenters. The van der Waals surface area contributed by atoms with Crippen LogP contribution in [0.15, 0.2) is 251 Å². The Kier molecular flexibility index (Phi) is 12.3. The molecule has 0 spiro atoms. The van der Waals surface area contributed by atoms with Gasteiger partial charge in [0.05, 0.1) is 0 Å². The Hall–Kier alpha value is -8.09. The number of para-hydroxylation sites is 4. The van der Waals surface area contributed by atoms with Gasteiger partial charge in [-0.05, 0) is 92.5 Å². The van der Waals surface area contributed by atoms with Crippen molar-refractivity contribution in [2.75, 3.05) is 0 Å². The van der Waals surface area contributed by atoms with Crippen molar-refractivity contribution in [3.05, 3.63) is 248 Å². The second-order valence-corrected chi connectivity index (χ2v) is 16.1. The first kappa shape index (κ1) is 41.9. The van der Waals surface area contributed by atoms with Gasteiger partial charge in [0.25, 0.3) is 0 Å². The van der Waals surface area contributed by atoms with Crippen LogP contribution in [0.1, 0.15) is 0 Å². The van der Waals surface area contributed by atoms with Crippen molar-refractivity contribution in [1.82, 2.24) is 0 Å². The molecule has 0 aliphatic rings. The monoisotopic (exact) mass is 871 g/mol. The van der Waals surface area contributed by atoms with Gasteiger partial charge in [-0.15, -0.1) is 0 Å². The van der Waals surface area contributed by atoms with Gasteiger partial charge in [-0.3, -0.25) is 0 Å². The van der Waals surface area contributed by atoms with Gasteiger partial charge in [-0.1, -0.05) is 212 Å². The van der Waals surface area contributed by atoms with Gasteiger partial charge in [0.2, 0.25) is 0 Å². The zero-order valence-corrected chi connectivity index (χ0v) is 36.5. The van der Waals surface area contributed by atoms with Crippen LogP contribution in [-0.2, 0) is 0 Å². The van der Waals surface area contributed by atoms with Gasteiger partial charge < -0.3 is 18.5 Å². The number of fused-ring (bicyclic) bond motifs is 6. The molecule has 315 valence electrons. The molecule has 0 saturated heterocycles. The lowest BCUT2D eigenvalue weighted by molar-refractivity contribution is 0.451. The minimum absolute atomic E-state index is 0.510. The first-order valence-corrected chi connectivity index (χ1v) is 22.1. The topological polar surface area (TPSA) is 55.7 Å². The van der Waals surface area contributed by atoms with Crippen molar-refractivity contribution in [2.24, 2.45) is 0 Å². The number of benzene rings is 10. The third-order valence-corrected chi connectivity index (χ3v) is 11.9. The summed E-state index contributed by atoms with van der Waals surface area (Å²) in [5.41, 5.74) is 15.4. The minimum atomic E-state index is 0.510. The fourth-order valence-electron chi connectivity index (χ4n) is 8.35. The average Bonchev–Trinajstić information content (AvgIpc) is 3.97. The summed E-state index contributed by atoms with van der Waals surface area (Å²) >= 11 is 5.93. The molecule has 0 saturated carbocycles. The first-order chi connectivity index (χ1) is 32.6. The van der Waals surface area contributed by atoms with Crippen molar-refractivity contribution < 1.29 is 18.5 Å². The summed E-state index contributed by atoms with van der Waals surface area (Å²) in [5.74, 6) is 0.510. The summed E-state index contributed by atoms with van der Waals surface area (Å²) < 4.78 is 16.9. The highest BCUT2D eigenvalue weighted by molar-refractivity contribution is 6.30. The van der Waals surface area contributed by atoms with Crippen molar-refractivity contribution in [3.8, 4) is 61.4 Å².